The van der Waals surface area contributed by atoms with Crippen LogP contribution in [0.5, 0.6) is 0 Å². The number of rotatable bonds is 7. The predicted octanol–water partition coefficient (Wildman–Crippen LogP) is 1.45. The summed E-state index contributed by atoms with van der Waals surface area (Å²) >= 11 is 0. The summed E-state index contributed by atoms with van der Waals surface area (Å²) < 4.78 is 5.30. The maximum absolute atomic E-state index is 12.0. The van der Waals surface area contributed by atoms with Crippen molar-refractivity contribution in [1.82, 2.24) is 10.6 Å². The number of carbonyl (C=O) groups is 1. The van der Waals surface area contributed by atoms with Gasteiger partial charge in [0.05, 0.1) is 13.2 Å². The van der Waals surface area contributed by atoms with Crippen LogP contribution in [-0.2, 0) is 9.53 Å². The summed E-state index contributed by atoms with van der Waals surface area (Å²) in [7, 11) is 0. The summed E-state index contributed by atoms with van der Waals surface area (Å²) in [5, 5.41) is 6.33. The maximum Gasteiger partial charge on any atom is 0.239 e. The average molecular weight is 242 g/mol. The second-order valence-electron chi connectivity index (χ2n) is 4.72. The van der Waals surface area contributed by atoms with Gasteiger partial charge in [0.25, 0.3) is 0 Å². The first-order valence-corrected chi connectivity index (χ1v) is 6.89. The number of unbranched alkanes of at least 4 members (excludes halogenated alkanes) is 1. The van der Waals surface area contributed by atoms with Gasteiger partial charge in [-0.15, -0.1) is 0 Å². The lowest BCUT2D eigenvalue weighted by Crippen LogP contribution is -2.53. The summed E-state index contributed by atoms with van der Waals surface area (Å²) in [5.74, 6) is 0.0965. The molecule has 1 aliphatic heterocycles. The van der Waals surface area contributed by atoms with Crippen molar-refractivity contribution in [3.05, 3.63) is 0 Å². The van der Waals surface area contributed by atoms with Crippen molar-refractivity contribution in [1.29, 1.82) is 0 Å². The molecule has 1 aliphatic rings. The summed E-state index contributed by atoms with van der Waals surface area (Å²) in [6, 6.07) is 0.168. The number of morpholine rings is 1. The zero-order chi connectivity index (χ0) is 12.5. The molecule has 1 heterocycles. The Balaban J connectivity index is 2.33. The van der Waals surface area contributed by atoms with Gasteiger partial charge in [-0.25, -0.2) is 0 Å². The second-order valence-corrected chi connectivity index (χ2v) is 4.72. The standard InChI is InChI=1S/C13H26N2O2/c1-3-5-7-11(6-4-2)15-13(16)12-10-17-9-8-14-12/h11-12,14H,3-10H2,1-2H3,(H,15,16). The van der Waals surface area contributed by atoms with Gasteiger partial charge in [0.1, 0.15) is 6.04 Å². The van der Waals surface area contributed by atoms with Crippen LogP contribution in [0.4, 0.5) is 0 Å². The van der Waals surface area contributed by atoms with Crippen molar-refractivity contribution in [3.63, 3.8) is 0 Å². The third-order valence-corrected chi connectivity index (χ3v) is 3.13. The number of ether oxygens (including phenoxy) is 1. The Labute approximate surface area is 104 Å². The van der Waals surface area contributed by atoms with Gasteiger partial charge in [-0.2, -0.15) is 0 Å². The van der Waals surface area contributed by atoms with Crippen LogP contribution in [0, 0.1) is 0 Å². The predicted molar refractivity (Wildman–Crippen MR) is 69.0 cm³/mol. The van der Waals surface area contributed by atoms with Crippen molar-refractivity contribution >= 4 is 5.91 Å². The van der Waals surface area contributed by atoms with Crippen LogP contribution in [0.1, 0.15) is 46.0 Å². The first-order chi connectivity index (χ1) is 8.27. The molecule has 17 heavy (non-hydrogen) atoms. The topological polar surface area (TPSA) is 50.4 Å². The van der Waals surface area contributed by atoms with E-state index in [1.165, 1.54) is 12.8 Å². The lowest BCUT2D eigenvalue weighted by molar-refractivity contribution is -0.126. The molecule has 4 heteroatoms. The summed E-state index contributed by atoms with van der Waals surface area (Å²) in [6.45, 7) is 6.32. The highest BCUT2D eigenvalue weighted by Gasteiger charge is 2.22. The fourth-order valence-electron chi connectivity index (χ4n) is 2.12. The molecule has 0 aromatic heterocycles. The summed E-state index contributed by atoms with van der Waals surface area (Å²) in [6.07, 6.45) is 5.63. The van der Waals surface area contributed by atoms with Crippen LogP contribution in [0.25, 0.3) is 0 Å². The van der Waals surface area contributed by atoms with E-state index in [4.69, 9.17) is 4.74 Å². The lowest BCUT2D eigenvalue weighted by Gasteiger charge is -2.26. The van der Waals surface area contributed by atoms with Crippen LogP contribution in [0.15, 0.2) is 0 Å². The second kappa shape index (κ2) is 8.48. The molecule has 1 fully saturated rings. The van der Waals surface area contributed by atoms with Gasteiger partial charge < -0.3 is 15.4 Å². The Hall–Kier alpha value is -0.610. The third kappa shape index (κ3) is 5.50. The van der Waals surface area contributed by atoms with Crippen molar-refractivity contribution in [2.24, 2.45) is 0 Å². The van der Waals surface area contributed by atoms with E-state index in [2.05, 4.69) is 24.5 Å². The quantitative estimate of drug-likeness (QED) is 0.710. The summed E-state index contributed by atoms with van der Waals surface area (Å²) in [4.78, 5) is 12.0. The average Bonchev–Trinajstić information content (AvgIpc) is 2.37. The Morgan fingerprint density at radius 1 is 1.41 bits per heavy atom. The molecule has 0 aromatic rings. The minimum Gasteiger partial charge on any atom is -0.378 e. The van der Waals surface area contributed by atoms with Crippen LogP contribution in [0.2, 0.25) is 0 Å². The van der Waals surface area contributed by atoms with E-state index in [0.29, 0.717) is 19.3 Å². The smallest absolute Gasteiger partial charge is 0.239 e. The molecule has 1 saturated heterocycles. The van der Waals surface area contributed by atoms with Crippen LogP contribution in [0.3, 0.4) is 0 Å². The molecule has 2 unspecified atom stereocenters. The maximum atomic E-state index is 12.0. The zero-order valence-electron chi connectivity index (χ0n) is 11.1. The van der Waals surface area contributed by atoms with Gasteiger partial charge in [0.15, 0.2) is 0 Å². The number of amides is 1. The van der Waals surface area contributed by atoms with Gasteiger partial charge in [0.2, 0.25) is 5.91 Å². The Morgan fingerprint density at radius 3 is 2.82 bits per heavy atom. The molecular weight excluding hydrogens is 216 g/mol. The molecule has 4 nitrogen and oxygen atoms in total. The molecule has 2 atom stereocenters. The Kier molecular flexibility index (Phi) is 7.21. The highest BCUT2D eigenvalue weighted by Crippen LogP contribution is 2.07. The first-order valence-electron chi connectivity index (χ1n) is 6.89. The van der Waals surface area contributed by atoms with Gasteiger partial charge in [-0.05, 0) is 12.8 Å². The van der Waals surface area contributed by atoms with E-state index >= 15 is 0 Å². The number of hydrogen-bond donors (Lipinski definition) is 2. The third-order valence-electron chi connectivity index (χ3n) is 3.13. The molecular formula is C13H26N2O2. The van der Waals surface area contributed by atoms with Crippen molar-refractivity contribution in [2.75, 3.05) is 19.8 Å². The van der Waals surface area contributed by atoms with Gasteiger partial charge >= 0.3 is 0 Å². The van der Waals surface area contributed by atoms with Crippen molar-refractivity contribution < 1.29 is 9.53 Å². The van der Waals surface area contributed by atoms with Crippen LogP contribution >= 0.6 is 0 Å². The van der Waals surface area contributed by atoms with Crippen molar-refractivity contribution in [2.45, 2.75) is 58.0 Å². The van der Waals surface area contributed by atoms with E-state index in [0.717, 1.165) is 25.8 Å². The normalized spacial score (nSPS) is 22.1. The number of nitrogens with one attached hydrogen (secondary N) is 2. The molecule has 0 aliphatic carbocycles. The fraction of sp³-hybridized carbons (Fsp3) is 0.923. The van der Waals surface area contributed by atoms with Gasteiger partial charge in [-0.1, -0.05) is 33.1 Å². The monoisotopic (exact) mass is 242 g/mol. The SMILES string of the molecule is CCCCC(CCC)NC(=O)C1COCCN1. The molecule has 100 valence electrons. The Morgan fingerprint density at radius 2 is 2.24 bits per heavy atom. The van der Waals surface area contributed by atoms with Gasteiger partial charge in [-0.3, -0.25) is 4.79 Å². The molecule has 0 spiro atoms. The number of hydrogen-bond acceptors (Lipinski definition) is 3. The summed E-state index contributed by atoms with van der Waals surface area (Å²) in [5.41, 5.74) is 0. The van der Waals surface area contributed by atoms with Crippen molar-refractivity contribution in [3.8, 4) is 0 Å². The van der Waals surface area contributed by atoms with E-state index in [-0.39, 0.29) is 11.9 Å². The minimum atomic E-state index is -0.162. The molecule has 0 bridgehead atoms. The molecule has 1 rings (SSSR count). The minimum absolute atomic E-state index is 0.0965. The zero-order valence-corrected chi connectivity index (χ0v) is 11.1. The van der Waals surface area contributed by atoms with Gasteiger partial charge in [0, 0.05) is 12.6 Å². The number of carbonyl (C=O) groups excluding carboxylic acids is 1. The van der Waals surface area contributed by atoms with E-state index in [1.807, 2.05) is 0 Å². The molecule has 0 saturated carbocycles. The van der Waals surface area contributed by atoms with E-state index in [9.17, 15) is 4.79 Å². The molecule has 0 aromatic carbocycles. The molecule has 2 N–H and O–H groups in total. The van der Waals surface area contributed by atoms with Crippen LogP contribution in [-0.4, -0.2) is 37.7 Å². The van der Waals surface area contributed by atoms with E-state index < -0.39 is 0 Å². The lowest BCUT2D eigenvalue weighted by atomic mass is 10.0. The van der Waals surface area contributed by atoms with Crippen LogP contribution < -0.4 is 10.6 Å². The highest BCUT2D eigenvalue weighted by atomic mass is 16.5. The molecule has 1 amide bonds. The largest absolute Gasteiger partial charge is 0.378 e. The fourth-order valence-corrected chi connectivity index (χ4v) is 2.12. The first kappa shape index (κ1) is 14.5. The molecule has 0 radical (unpaired) electrons. The van der Waals surface area contributed by atoms with E-state index in [1.54, 1.807) is 0 Å². The Bertz CT molecular complexity index is 215. The highest BCUT2D eigenvalue weighted by molar-refractivity contribution is 5.82.